The van der Waals surface area contributed by atoms with E-state index >= 15 is 0 Å². The lowest BCUT2D eigenvalue weighted by Gasteiger charge is -2.27. The van der Waals surface area contributed by atoms with Crippen LogP contribution in [0.2, 0.25) is 0 Å². The summed E-state index contributed by atoms with van der Waals surface area (Å²) in [7, 11) is 3.30. The van der Waals surface area contributed by atoms with Crippen LogP contribution in [0, 0.1) is 11.8 Å². The molecule has 5 N–H and O–H groups in total. The topological polar surface area (TPSA) is 124 Å². The molecule has 9 heteroatoms. The first-order valence-corrected chi connectivity index (χ1v) is 12.1. The largest absolute Gasteiger partial charge is 0.493 e. The Morgan fingerprint density at radius 2 is 1.88 bits per heavy atom. The van der Waals surface area contributed by atoms with Crippen molar-refractivity contribution >= 4 is 6.03 Å². The smallest absolute Gasteiger partial charge is 0.314 e. The second-order valence-corrected chi connectivity index (χ2v) is 8.69. The van der Waals surface area contributed by atoms with Crippen LogP contribution in [0.5, 0.6) is 11.5 Å². The number of benzene rings is 1. The minimum absolute atomic E-state index is 0.0917. The number of carbonyl (C=O) groups is 1. The number of rotatable bonds is 18. The molecule has 0 aliphatic heterocycles. The molecule has 0 aliphatic rings. The van der Waals surface area contributed by atoms with Crippen LogP contribution in [-0.4, -0.2) is 77.0 Å². The van der Waals surface area contributed by atoms with Gasteiger partial charge in [-0.25, -0.2) is 4.79 Å². The summed E-state index contributed by atoms with van der Waals surface area (Å²) in [5.41, 5.74) is 7.43. The van der Waals surface area contributed by atoms with E-state index in [9.17, 15) is 9.90 Å². The van der Waals surface area contributed by atoms with Gasteiger partial charge >= 0.3 is 6.03 Å². The van der Waals surface area contributed by atoms with Gasteiger partial charge in [0.25, 0.3) is 0 Å². The van der Waals surface area contributed by atoms with Crippen LogP contribution in [0.1, 0.15) is 39.2 Å². The fourth-order valence-electron chi connectivity index (χ4n) is 3.54. The molecule has 2 amide bonds. The third kappa shape index (κ3) is 11.9. The van der Waals surface area contributed by atoms with Gasteiger partial charge in [0.15, 0.2) is 11.5 Å². The zero-order valence-corrected chi connectivity index (χ0v) is 21.5. The van der Waals surface area contributed by atoms with Crippen LogP contribution in [0.3, 0.4) is 0 Å². The van der Waals surface area contributed by atoms with Crippen LogP contribution in [-0.2, 0) is 15.9 Å². The summed E-state index contributed by atoms with van der Waals surface area (Å²) in [6.07, 6.45) is 1.38. The SMILES string of the molecule is CCOCCNC(=O)NC[C@H](O)[C@@H](N)C[C@H](Cc1ccc(OC)c(OCCCOC)c1)C(C)C. The predicted octanol–water partition coefficient (Wildman–Crippen LogP) is 2.34. The number of methoxy groups -OCH3 is 2. The lowest BCUT2D eigenvalue weighted by Crippen LogP contribution is -2.47. The van der Waals surface area contributed by atoms with Crippen LogP contribution in [0.4, 0.5) is 4.79 Å². The van der Waals surface area contributed by atoms with Crippen molar-refractivity contribution in [1.82, 2.24) is 10.6 Å². The van der Waals surface area contributed by atoms with Gasteiger partial charge in [-0.3, -0.25) is 0 Å². The molecule has 0 saturated carbocycles. The third-order valence-electron chi connectivity index (χ3n) is 5.70. The lowest BCUT2D eigenvalue weighted by atomic mass is 9.83. The van der Waals surface area contributed by atoms with Gasteiger partial charge in [0.1, 0.15) is 0 Å². The highest BCUT2D eigenvalue weighted by atomic mass is 16.5. The fourth-order valence-corrected chi connectivity index (χ4v) is 3.54. The Bertz CT molecular complexity index is 689. The van der Waals surface area contributed by atoms with Gasteiger partial charge < -0.3 is 40.4 Å². The highest BCUT2D eigenvalue weighted by Crippen LogP contribution is 2.31. The normalized spacial score (nSPS) is 13.9. The van der Waals surface area contributed by atoms with E-state index in [2.05, 4.69) is 24.5 Å². The quantitative estimate of drug-likeness (QED) is 0.236. The number of aliphatic hydroxyl groups excluding tert-OH is 1. The molecule has 0 fully saturated rings. The van der Waals surface area contributed by atoms with Crippen molar-refractivity contribution in [3.05, 3.63) is 23.8 Å². The summed E-state index contributed by atoms with van der Waals surface area (Å²) in [6, 6.07) is 5.16. The van der Waals surface area contributed by atoms with Gasteiger partial charge in [-0.2, -0.15) is 0 Å². The maximum Gasteiger partial charge on any atom is 0.314 e. The van der Waals surface area contributed by atoms with Crippen molar-refractivity contribution < 1.29 is 28.8 Å². The maximum absolute atomic E-state index is 11.8. The van der Waals surface area contributed by atoms with Gasteiger partial charge in [0.2, 0.25) is 0 Å². The van der Waals surface area contributed by atoms with Gasteiger partial charge in [-0.15, -0.1) is 0 Å². The summed E-state index contributed by atoms with van der Waals surface area (Å²) in [5, 5.41) is 15.8. The average Bonchev–Trinajstić information content (AvgIpc) is 2.82. The van der Waals surface area contributed by atoms with Crippen molar-refractivity contribution in [2.45, 2.75) is 52.2 Å². The number of hydrogen-bond donors (Lipinski definition) is 4. The minimum Gasteiger partial charge on any atom is -0.493 e. The van der Waals surface area contributed by atoms with Crippen molar-refractivity contribution in [2.75, 3.05) is 53.7 Å². The fraction of sp³-hybridized carbons (Fsp3) is 0.720. The van der Waals surface area contributed by atoms with Gasteiger partial charge in [0, 0.05) is 45.9 Å². The molecule has 0 saturated heterocycles. The summed E-state index contributed by atoms with van der Waals surface area (Å²) in [4.78, 5) is 11.8. The molecule has 0 bridgehead atoms. The summed E-state index contributed by atoms with van der Waals surface area (Å²) in [6.45, 7) is 8.95. The van der Waals surface area contributed by atoms with Crippen LogP contribution in [0.15, 0.2) is 18.2 Å². The Labute approximate surface area is 204 Å². The average molecular weight is 484 g/mol. The summed E-state index contributed by atoms with van der Waals surface area (Å²) >= 11 is 0. The Hall–Kier alpha value is -2.07. The number of urea groups is 1. The van der Waals surface area contributed by atoms with E-state index < -0.39 is 12.1 Å². The second kappa shape index (κ2) is 17.4. The van der Waals surface area contributed by atoms with Crippen molar-refractivity contribution in [2.24, 2.45) is 17.6 Å². The first-order chi connectivity index (χ1) is 16.3. The van der Waals surface area contributed by atoms with Crippen molar-refractivity contribution in [1.29, 1.82) is 0 Å². The number of ether oxygens (including phenoxy) is 4. The Morgan fingerprint density at radius 3 is 2.53 bits per heavy atom. The molecule has 196 valence electrons. The van der Waals surface area contributed by atoms with Gasteiger partial charge in [-0.05, 0) is 49.3 Å². The first kappa shape index (κ1) is 30.0. The highest BCUT2D eigenvalue weighted by molar-refractivity contribution is 5.73. The highest BCUT2D eigenvalue weighted by Gasteiger charge is 2.23. The Morgan fingerprint density at radius 1 is 1.12 bits per heavy atom. The van der Waals surface area contributed by atoms with Crippen molar-refractivity contribution in [3.8, 4) is 11.5 Å². The van der Waals surface area contributed by atoms with E-state index in [0.29, 0.717) is 56.8 Å². The lowest BCUT2D eigenvalue weighted by molar-refractivity contribution is 0.124. The molecule has 9 nitrogen and oxygen atoms in total. The van der Waals surface area contributed by atoms with E-state index in [0.717, 1.165) is 18.4 Å². The van der Waals surface area contributed by atoms with Gasteiger partial charge in [0.05, 0.1) is 26.4 Å². The van der Waals surface area contributed by atoms with Crippen LogP contribution in [0.25, 0.3) is 0 Å². The van der Waals surface area contributed by atoms with E-state index in [1.165, 1.54) is 0 Å². The molecule has 0 aromatic heterocycles. The molecule has 0 heterocycles. The zero-order chi connectivity index (χ0) is 25.3. The predicted molar refractivity (Wildman–Crippen MR) is 134 cm³/mol. The van der Waals surface area contributed by atoms with Crippen molar-refractivity contribution in [3.63, 3.8) is 0 Å². The molecule has 0 unspecified atom stereocenters. The minimum atomic E-state index is -0.838. The molecular weight excluding hydrogens is 438 g/mol. The monoisotopic (exact) mass is 483 g/mol. The van der Waals surface area contributed by atoms with E-state index in [-0.39, 0.29) is 18.5 Å². The number of nitrogens with one attached hydrogen (secondary N) is 2. The van der Waals surface area contributed by atoms with E-state index in [1.807, 2.05) is 25.1 Å². The Kier molecular flexibility index (Phi) is 15.3. The number of aliphatic hydroxyl groups is 1. The van der Waals surface area contributed by atoms with Crippen LogP contribution >= 0.6 is 0 Å². The molecule has 1 aromatic carbocycles. The zero-order valence-electron chi connectivity index (χ0n) is 21.5. The molecule has 0 spiro atoms. The molecule has 0 radical (unpaired) electrons. The molecule has 3 atom stereocenters. The summed E-state index contributed by atoms with van der Waals surface area (Å²) < 4.78 is 21.6. The number of carbonyl (C=O) groups excluding carboxylic acids is 1. The molecule has 1 aromatic rings. The summed E-state index contributed by atoms with van der Waals surface area (Å²) in [5.74, 6) is 2.02. The first-order valence-electron chi connectivity index (χ1n) is 12.1. The number of hydrogen-bond acceptors (Lipinski definition) is 7. The second-order valence-electron chi connectivity index (χ2n) is 8.69. The molecule has 34 heavy (non-hydrogen) atoms. The van der Waals surface area contributed by atoms with E-state index in [4.69, 9.17) is 24.7 Å². The maximum atomic E-state index is 11.8. The molecule has 0 aliphatic carbocycles. The van der Waals surface area contributed by atoms with Crippen LogP contribution < -0.4 is 25.8 Å². The number of nitrogens with two attached hydrogens (primary N) is 1. The number of amides is 2. The molecular formula is C25H45N3O6. The third-order valence-corrected chi connectivity index (χ3v) is 5.70. The molecule has 1 rings (SSSR count). The van der Waals surface area contributed by atoms with Gasteiger partial charge in [-0.1, -0.05) is 19.9 Å². The van der Waals surface area contributed by atoms with E-state index in [1.54, 1.807) is 14.2 Å². The Balaban J connectivity index is 2.63. The standard InChI is InChI=1S/C25H45N3O6/c1-6-33-13-10-27-25(30)28-17-22(29)21(26)16-20(18(2)3)14-19-8-9-23(32-5)24(15-19)34-12-7-11-31-4/h8-9,15,18,20-22,29H,6-7,10-14,16-17,26H2,1-5H3,(H2,27,28,30)/t20-,21-,22-/m0/s1.